The fraction of sp³-hybridized carbons (Fsp3) is 0. The predicted octanol–water partition coefficient (Wildman–Crippen LogP) is 16.0. The van der Waals surface area contributed by atoms with Crippen molar-refractivity contribution in [1.29, 1.82) is 0 Å². The summed E-state index contributed by atoms with van der Waals surface area (Å²) in [6, 6.07) is 73.5. The zero-order valence-corrected chi connectivity index (χ0v) is 31.4. The van der Waals surface area contributed by atoms with Crippen LogP contribution in [0.1, 0.15) is 0 Å². The summed E-state index contributed by atoms with van der Waals surface area (Å²) in [5, 5.41) is 7.77. The molecule has 3 heteroatoms. The fourth-order valence-corrected chi connectivity index (χ4v) is 10.4. The van der Waals surface area contributed by atoms with E-state index in [1.54, 1.807) is 0 Å². The van der Waals surface area contributed by atoms with Crippen molar-refractivity contribution < 1.29 is 0 Å². The molecule has 11 rings (SSSR count). The molecule has 0 aliphatic rings. The number of fused-ring (bicyclic) bond motifs is 7. The normalized spacial score (nSPS) is 11.6. The van der Waals surface area contributed by atoms with Crippen LogP contribution in [0.3, 0.4) is 0 Å². The van der Waals surface area contributed by atoms with Gasteiger partial charge in [-0.25, -0.2) is 0 Å². The molecular weight excluding hydrogens is 703 g/mol. The third-order valence-corrected chi connectivity index (χ3v) is 13.1. The maximum Gasteiger partial charge on any atom is 0.0468 e. The lowest BCUT2D eigenvalue weighted by molar-refractivity contribution is 1.29. The molecule has 11 aromatic rings. The molecule has 0 fully saturated rings. The first-order valence-corrected chi connectivity index (χ1v) is 20.3. The molecule has 0 unspecified atom stereocenters. The van der Waals surface area contributed by atoms with E-state index in [9.17, 15) is 0 Å². The van der Waals surface area contributed by atoms with Crippen molar-refractivity contribution in [3.63, 3.8) is 0 Å². The molecule has 1 nitrogen and oxygen atoms in total. The van der Waals surface area contributed by atoms with Crippen LogP contribution >= 0.6 is 22.7 Å². The molecule has 258 valence electrons. The molecule has 0 bridgehead atoms. The van der Waals surface area contributed by atoms with Gasteiger partial charge in [0.1, 0.15) is 0 Å². The van der Waals surface area contributed by atoms with E-state index < -0.39 is 0 Å². The minimum Gasteiger partial charge on any atom is -0.310 e. The molecule has 9 aromatic carbocycles. The highest BCUT2D eigenvalue weighted by Crippen LogP contribution is 2.43. The van der Waals surface area contributed by atoms with Crippen molar-refractivity contribution >= 4 is 90.9 Å². The maximum atomic E-state index is 2.39. The Morgan fingerprint density at radius 3 is 1.64 bits per heavy atom. The van der Waals surface area contributed by atoms with E-state index in [0.29, 0.717) is 0 Å². The van der Waals surface area contributed by atoms with E-state index in [2.05, 4.69) is 205 Å². The second-order valence-corrected chi connectivity index (χ2v) is 16.3. The van der Waals surface area contributed by atoms with Crippen molar-refractivity contribution in [1.82, 2.24) is 0 Å². The average molecular weight is 736 g/mol. The van der Waals surface area contributed by atoms with Crippen LogP contribution < -0.4 is 4.90 Å². The van der Waals surface area contributed by atoms with Gasteiger partial charge in [-0.1, -0.05) is 127 Å². The van der Waals surface area contributed by atoms with Gasteiger partial charge in [0.25, 0.3) is 0 Å². The second kappa shape index (κ2) is 13.1. The molecule has 0 saturated carbocycles. The third-order valence-electron chi connectivity index (χ3n) is 10.9. The molecule has 0 atom stereocenters. The Bertz CT molecular complexity index is 3200. The van der Waals surface area contributed by atoms with Crippen LogP contribution in [-0.2, 0) is 0 Å². The number of benzene rings is 9. The Morgan fingerprint density at radius 2 is 0.836 bits per heavy atom. The van der Waals surface area contributed by atoms with Crippen LogP contribution in [0.25, 0.3) is 84.5 Å². The Balaban J connectivity index is 0.998. The van der Waals surface area contributed by atoms with E-state index >= 15 is 0 Å². The molecule has 0 aliphatic carbocycles. The van der Waals surface area contributed by atoms with Gasteiger partial charge in [0.2, 0.25) is 0 Å². The van der Waals surface area contributed by atoms with Gasteiger partial charge >= 0.3 is 0 Å². The summed E-state index contributed by atoms with van der Waals surface area (Å²) in [6.45, 7) is 0. The summed E-state index contributed by atoms with van der Waals surface area (Å²) < 4.78 is 5.27. The van der Waals surface area contributed by atoms with E-state index in [4.69, 9.17) is 0 Å². The predicted molar refractivity (Wildman–Crippen MR) is 241 cm³/mol. The summed E-state index contributed by atoms with van der Waals surface area (Å²) in [6.07, 6.45) is 0. The van der Waals surface area contributed by atoms with Crippen LogP contribution in [0.5, 0.6) is 0 Å². The molecule has 55 heavy (non-hydrogen) atoms. The van der Waals surface area contributed by atoms with Crippen LogP contribution in [0.15, 0.2) is 200 Å². The fourth-order valence-electron chi connectivity index (χ4n) is 8.16. The van der Waals surface area contributed by atoms with Gasteiger partial charge in [0.05, 0.1) is 0 Å². The van der Waals surface area contributed by atoms with Crippen molar-refractivity contribution in [2.24, 2.45) is 0 Å². The topological polar surface area (TPSA) is 3.24 Å². The summed E-state index contributed by atoms with van der Waals surface area (Å²) >= 11 is 3.72. The smallest absolute Gasteiger partial charge is 0.0468 e. The molecule has 2 heterocycles. The molecule has 0 radical (unpaired) electrons. The van der Waals surface area contributed by atoms with E-state index in [-0.39, 0.29) is 0 Å². The number of rotatable bonds is 6. The third kappa shape index (κ3) is 5.60. The number of hydrogen-bond donors (Lipinski definition) is 0. The van der Waals surface area contributed by atoms with Gasteiger partial charge in [-0.2, -0.15) is 0 Å². The number of thiophene rings is 2. The lowest BCUT2D eigenvalue weighted by Crippen LogP contribution is -2.09. The Hall–Kier alpha value is -6.52. The zero-order valence-electron chi connectivity index (χ0n) is 29.8. The number of nitrogens with zero attached hydrogens (tertiary/aromatic N) is 1. The van der Waals surface area contributed by atoms with Crippen LogP contribution in [0.4, 0.5) is 17.1 Å². The van der Waals surface area contributed by atoms with Gasteiger partial charge in [-0.15, -0.1) is 22.7 Å². The summed E-state index contributed by atoms with van der Waals surface area (Å²) in [5.41, 5.74) is 10.7. The summed E-state index contributed by atoms with van der Waals surface area (Å²) in [5.74, 6) is 0. The first-order valence-electron chi connectivity index (χ1n) is 18.7. The Labute approximate surface area is 327 Å². The van der Waals surface area contributed by atoms with Crippen LogP contribution in [-0.4, -0.2) is 0 Å². The molecule has 0 saturated heterocycles. The first kappa shape index (κ1) is 32.0. The molecule has 0 spiro atoms. The molecular formula is C52H33NS2. The highest BCUT2D eigenvalue weighted by molar-refractivity contribution is 7.26. The second-order valence-electron chi connectivity index (χ2n) is 14.1. The average Bonchev–Trinajstić information content (AvgIpc) is 3.83. The number of anilines is 3. The van der Waals surface area contributed by atoms with Gasteiger partial charge in [0, 0.05) is 57.4 Å². The highest BCUT2D eigenvalue weighted by atomic mass is 32.1. The van der Waals surface area contributed by atoms with Gasteiger partial charge in [0.15, 0.2) is 0 Å². The Morgan fingerprint density at radius 1 is 0.291 bits per heavy atom. The van der Waals surface area contributed by atoms with Gasteiger partial charge < -0.3 is 4.90 Å². The minimum absolute atomic E-state index is 1.12. The van der Waals surface area contributed by atoms with Crippen LogP contribution in [0.2, 0.25) is 0 Å². The first-order chi connectivity index (χ1) is 27.2. The minimum atomic E-state index is 1.12. The Kier molecular flexibility index (Phi) is 7.61. The highest BCUT2D eigenvalue weighted by Gasteiger charge is 2.17. The largest absolute Gasteiger partial charge is 0.310 e. The van der Waals surface area contributed by atoms with Crippen molar-refractivity contribution in [2.45, 2.75) is 0 Å². The van der Waals surface area contributed by atoms with Crippen LogP contribution in [0, 0.1) is 0 Å². The lowest BCUT2D eigenvalue weighted by Gasteiger charge is -2.26. The summed E-state index contributed by atoms with van der Waals surface area (Å²) in [4.78, 5) is 2.39. The molecule has 0 amide bonds. The van der Waals surface area contributed by atoms with Crippen molar-refractivity contribution in [2.75, 3.05) is 4.90 Å². The zero-order chi connectivity index (χ0) is 36.3. The molecule has 0 aliphatic heterocycles. The molecule has 2 aromatic heterocycles. The summed E-state index contributed by atoms with van der Waals surface area (Å²) in [7, 11) is 0. The lowest BCUT2D eigenvalue weighted by atomic mass is 9.97. The standard InChI is InChI=1S/C52H33NS2/c1-2-10-37-32-40(20-19-34(37)9-1)39-12-7-11-38(31-39)35-21-25-41(26-22-35)53(43-29-30-50-47(33-43)45-13-3-5-16-48(45)54-50)42-27-23-36(24-28-42)44-15-8-18-51-52(44)46-14-4-6-17-49(46)55-51/h1-33H. The monoisotopic (exact) mass is 735 g/mol. The van der Waals surface area contributed by atoms with Crippen molar-refractivity contribution in [3.8, 4) is 33.4 Å². The van der Waals surface area contributed by atoms with E-state index in [0.717, 1.165) is 17.1 Å². The van der Waals surface area contributed by atoms with E-state index in [1.807, 2.05) is 22.7 Å². The van der Waals surface area contributed by atoms with E-state index in [1.165, 1.54) is 84.5 Å². The van der Waals surface area contributed by atoms with Crippen molar-refractivity contribution in [3.05, 3.63) is 200 Å². The quantitative estimate of drug-likeness (QED) is 0.164. The maximum absolute atomic E-state index is 2.39. The SMILES string of the molecule is c1cc(-c2ccc(N(c3ccc(-c4cccc5sc6ccccc6c45)cc3)c3ccc4sc5ccccc5c4c3)cc2)cc(-c2ccc3ccccc3c2)c1. The van der Waals surface area contributed by atoms with Gasteiger partial charge in [-0.05, 0) is 117 Å². The molecule has 0 N–H and O–H groups in total. The number of hydrogen-bond acceptors (Lipinski definition) is 3. The van der Waals surface area contributed by atoms with Gasteiger partial charge in [-0.3, -0.25) is 0 Å².